The molecule has 0 aromatic heterocycles. The van der Waals surface area contributed by atoms with Crippen LogP contribution < -0.4 is 5.32 Å². The van der Waals surface area contributed by atoms with E-state index < -0.39 is 0 Å². The molecule has 0 amide bonds. The largest absolute Gasteiger partial charge is 0.508 e. The molecule has 4 nitrogen and oxygen atoms in total. The lowest BCUT2D eigenvalue weighted by molar-refractivity contribution is 0.0821. The summed E-state index contributed by atoms with van der Waals surface area (Å²) < 4.78 is 0. The van der Waals surface area contributed by atoms with Crippen molar-refractivity contribution in [2.75, 3.05) is 26.2 Å². The molecule has 1 aromatic rings. The molecule has 0 aliphatic carbocycles. The third kappa shape index (κ3) is 4.82. The molecular weight excluding hydrogens is 240 g/mol. The predicted octanol–water partition coefficient (Wildman–Crippen LogP) is 1.33. The van der Waals surface area contributed by atoms with E-state index in [-0.39, 0.29) is 6.10 Å². The molecule has 3 N–H and O–H groups in total. The van der Waals surface area contributed by atoms with Crippen molar-refractivity contribution in [3.8, 4) is 5.75 Å². The molecule has 1 aliphatic rings. The van der Waals surface area contributed by atoms with Crippen LogP contribution in [0.15, 0.2) is 24.3 Å². The van der Waals surface area contributed by atoms with Crippen LogP contribution in [0.3, 0.4) is 0 Å². The van der Waals surface area contributed by atoms with Gasteiger partial charge in [0.15, 0.2) is 0 Å². The van der Waals surface area contributed by atoms with Gasteiger partial charge in [-0.25, -0.2) is 0 Å². The normalized spacial score (nSPS) is 17.7. The number of rotatable bonds is 6. The second kappa shape index (κ2) is 7.48. The summed E-state index contributed by atoms with van der Waals surface area (Å²) in [5.74, 6) is 0.361. The zero-order valence-corrected chi connectivity index (χ0v) is 11.4. The van der Waals surface area contributed by atoms with E-state index in [1.54, 1.807) is 6.07 Å². The van der Waals surface area contributed by atoms with E-state index in [1.165, 1.54) is 0 Å². The highest BCUT2D eigenvalue weighted by molar-refractivity contribution is 5.31. The molecule has 0 radical (unpaired) electrons. The van der Waals surface area contributed by atoms with Crippen molar-refractivity contribution < 1.29 is 10.2 Å². The lowest BCUT2D eigenvalue weighted by Gasteiger charge is -2.29. The Hall–Kier alpha value is -1.10. The number of aliphatic hydroxyl groups is 1. The Balaban J connectivity index is 1.56. The van der Waals surface area contributed by atoms with E-state index in [0.29, 0.717) is 12.3 Å². The molecule has 2 rings (SSSR count). The maximum Gasteiger partial charge on any atom is 0.120 e. The Morgan fingerprint density at radius 3 is 2.68 bits per heavy atom. The fourth-order valence-corrected chi connectivity index (χ4v) is 2.45. The molecule has 1 heterocycles. The maximum absolute atomic E-state index is 9.62. The third-order valence-electron chi connectivity index (χ3n) is 3.69. The van der Waals surface area contributed by atoms with Crippen LogP contribution in [0.2, 0.25) is 0 Å². The Morgan fingerprint density at radius 1 is 1.21 bits per heavy atom. The van der Waals surface area contributed by atoms with Gasteiger partial charge in [0.2, 0.25) is 0 Å². The van der Waals surface area contributed by atoms with E-state index in [4.69, 9.17) is 0 Å². The quantitative estimate of drug-likeness (QED) is 0.679. The molecule has 106 valence electrons. The fourth-order valence-electron chi connectivity index (χ4n) is 2.45. The number of benzene rings is 1. The van der Waals surface area contributed by atoms with Crippen LogP contribution in [0.4, 0.5) is 0 Å². The molecule has 0 unspecified atom stereocenters. The Labute approximate surface area is 115 Å². The van der Waals surface area contributed by atoms with Crippen molar-refractivity contribution in [1.82, 2.24) is 10.2 Å². The highest BCUT2D eigenvalue weighted by Crippen LogP contribution is 2.14. The molecule has 0 spiro atoms. The van der Waals surface area contributed by atoms with Crippen LogP contribution >= 0.6 is 0 Å². The van der Waals surface area contributed by atoms with Crippen LogP contribution in [-0.4, -0.2) is 47.4 Å². The highest BCUT2D eigenvalue weighted by atomic mass is 16.3. The molecule has 1 saturated heterocycles. The van der Waals surface area contributed by atoms with Gasteiger partial charge in [-0.2, -0.15) is 0 Å². The van der Waals surface area contributed by atoms with E-state index >= 15 is 0 Å². The molecule has 4 heteroatoms. The number of aromatic hydroxyl groups is 1. The summed E-state index contributed by atoms with van der Waals surface area (Å²) in [5, 5.41) is 22.4. The average Bonchev–Trinajstić information content (AvgIpc) is 2.42. The van der Waals surface area contributed by atoms with Crippen LogP contribution in [0.5, 0.6) is 5.75 Å². The summed E-state index contributed by atoms with van der Waals surface area (Å²) in [6, 6.07) is 7.43. The second-order valence-corrected chi connectivity index (χ2v) is 5.23. The summed E-state index contributed by atoms with van der Waals surface area (Å²) in [4.78, 5) is 2.41. The minimum atomic E-state index is -0.0876. The lowest BCUT2D eigenvalue weighted by atomic mass is 10.1. The molecule has 0 saturated carbocycles. The number of aliphatic hydroxyl groups excluding tert-OH is 1. The van der Waals surface area contributed by atoms with Gasteiger partial charge in [-0.15, -0.1) is 0 Å². The number of hydrogen-bond acceptors (Lipinski definition) is 4. The SMILES string of the molecule is Oc1ccccc1CNCCCN1CCC(O)CC1. The number of phenolic OH excluding ortho intramolecular Hbond substituents is 1. The lowest BCUT2D eigenvalue weighted by Crippen LogP contribution is -2.37. The minimum absolute atomic E-state index is 0.0876. The van der Waals surface area contributed by atoms with Crippen molar-refractivity contribution in [2.45, 2.75) is 31.9 Å². The van der Waals surface area contributed by atoms with Gasteiger partial charge in [0.1, 0.15) is 5.75 Å². The van der Waals surface area contributed by atoms with Crippen molar-refractivity contribution in [1.29, 1.82) is 0 Å². The first kappa shape index (κ1) is 14.3. The zero-order valence-electron chi connectivity index (χ0n) is 11.4. The van der Waals surface area contributed by atoms with Gasteiger partial charge in [0.25, 0.3) is 0 Å². The third-order valence-corrected chi connectivity index (χ3v) is 3.69. The van der Waals surface area contributed by atoms with Crippen molar-refractivity contribution >= 4 is 0 Å². The highest BCUT2D eigenvalue weighted by Gasteiger charge is 2.15. The summed E-state index contributed by atoms with van der Waals surface area (Å²) in [6.07, 6.45) is 2.83. The van der Waals surface area contributed by atoms with Crippen molar-refractivity contribution in [3.63, 3.8) is 0 Å². The maximum atomic E-state index is 9.62. The molecular formula is C15H24N2O2. The first-order valence-electron chi connectivity index (χ1n) is 7.13. The molecule has 1 aliphatic heterocycles. The van der Waals surface area contributed by atoms with Crippen LogP contribution in [0, 0.1) is 0 Å². The topological polar surface area (TPSA) is 55.7 Å². The summed E-state index contributed by atoms with van der Waals surface area (Å²) >= 11 is 0. The fraction of sp³-hybridized carbons (Fsp3) is 0.600. The van der Waals surface area contributed by atoms with Gasteiger partial charge in [-0.05, 0) is 38.4 Å². The van der Waals surface area contributed by atoms with Gasteiger partial charge in [-0.1, -0.05) is 18.2 Å². The molecule has 0 atom stereocenters. The van der Waals surface area contributed by atoms with Gasteiger partial charge in [-0.3, -0.25) is 0 Å². The van der Waals surface area contributed by atoms with Crippen LogP contribution in [-0.2, 0) is 6.54 Å². The number of likely N-dealkylation sites (tertiary alicyclic amines) is 1. The molecule has 0 bridgehead atoms. The molecule has 1 fully saturated rings. The monoisotopic (exact) mass is 264 g/mol. The Morgan fingerprint density at radius 2 is 1.95 bits per heavy atom. The number of piperidine rings is 1. The smallest absolute Gasteiger partial charge is 0.120 e. The van der Waals surface area contributed by atoms with Crippen LogP contribution in [0.1, 0.15) is 24.8 Å². The second-order valence-electron chi connectivity index (χ2n) is 5.23. The number of phenols is 1. The zero-order chi connectivity index (χ0) is 13.5. The van der Waals surface area contributed by atoms with Gasteiger partial charge in [0.05, 0.1) is 6.10 Å². The van der Waals surface area contributed by atoms with Gasteiger partial charge in [0, 0.05) is 25.2 Å². The Bertz CT molecular complexity index is 376. The number of nitrogens with one attached hydrogen (secondary N) is 1. The minimum Gasteiger partial charge on any atom is -0.508 e. The van der Waals surface area contributed by atoms with Crippen molar-refractivity contribution in [2.24, 2.45) is 0 Å². The number of nitrogens with zero attached hydrogens (tertiary/aromatic N) is 1. The van der Waals surface area contributed by atoms with Gasteiger partial charge >= 0.3 is 0 Å². The van der Waals surface area contributed by atoms with E-state index in [1.807, 2.05) is 18.2 Å². The van der Waals surface area contributed by atoms with E-state index in [0.717, 1.165) is 51.0 Å². The molecule has 19 heavy (non-hydrogen) atoms. The summed E-state index contributed by atoms with van der Waals surface area (Å²) in [6.45, 7) is 4.78. The summed E-state index contributed by atoms with van der Waals surface area (Å²) in [5.41, 5.74) is 0.948. The van der Waals surface area contributed by atoms with Crippen molar-refractivity contribution in [3.05, 3.63) is 29.8 Å². The first-order chi connectivity index (χ1) is 9.25. The standard InChI is InChI=1S/C15H24N2O2/c18-14-6-10-17(11-7-14)9-3-8-16-12-13-4-1-2-5-15(13)19/h1-2,4-5,14,16,18-19H,3,6-12H2. The molecule has 1 aromatic carbocycles. The first-order valence-corrected chi connectivity index (χ1v) is 7.13. The number of hydrogen-bond donors (Lipinski definition) is 3. The van der Waals surface area contributed by atoms with E-state index in [2.05, 4.69) is 10.2 Å². The summed E-state index contributed by atoms with van der Waals surface area (Å²) in [7, 11) is 0. The van der Waals surface area contributed by atoms with Gasteiger partial charge < -0.3 is 20.4 Å². The van der Waals surface area contributed by atoms with Crippen LogP contribution in [0.25, 0.3) is 0 Å². The van der Waals surface area contributed by atoms with E-state index in [9.17, 15) is 10.2 Å². The Kier molecular flexibility index (Phi) is 5.63. The average molecular weight is 264 g/mol. The number of para-hydroxylation sites is 1. The predicted molar refractivity (Wildman–Crippen MR) is 76.1 cm³/mol.